The summed E-state index contributed by atoms with van der Waals surface area (Å²) in [5, 5.41) is 0.187. The number of fused-ring (bicyclic) bond motifs is 1. The van der Waals surface area contributed by atoms with E-state index in [9.17, 15) is 9.59 Å². The molecule has 2 atom stereocenters. The Morgan fingerprint density at radius 1 is 1.27 bits per heavy atom. The third kappa shape index (κ3) is 2.55. The summed E-state index contributed by atoms with van der Waals surface area (Å²) in [7, 11) is 2.93. The smallest absolute Gasteiger partial charge is 0.231 e. The van der Waals surface area contributed by atoms with Crippen LogP contribution in [0.25, 0.3) is 0 Å². The third-order valence-corrected chi connectivity index (χ3v) is 5.10. The molecule has 0 saturated carbocycles. The molecule has 1 aromatic rings. The lowest BCUT2D eigenvalue weighted by Crippen LogP contribution is -2.51. The van der Waals surface area contributed by atoms with E-state index in [1.54, 1.807) is 13.0 Å². The van der Waals surface area contributed by atoms with Gasteiger partial charge in [0.15, 0.2) is 17.3 Å². The van der Waals surface area contributed by atoms with Gasteiger partial charge in [-0.05, 0) is 6.42 Å². The summed E-state index contributed by atoms with van der Waals surface area (Å²) in [4.78, 5) is 25.5. The second kappa shape index (κ2) is 6.83. The first kappa shape index (κ1) is 18.6. The molecule has 0 aromatic heterocycles. The molecular weight excluding hydrogens is 360 g/mol. The second-order valence-electron chi connectivity index (χ2n) is 6.39. The standard InChI is InChI=1S/C19H21ClO6/c1-5-6-25-14-8-11(21)7-10(2)19(14)18(22)15-12(23-3)9-13(24-4)16(20)17(15)26-19/h8-10H,5-7H2,1-4H3. The second-order valence-corrected chi connectivity index (χ2v) is 6.77. The molecule has 1 aliphatic heterocycles. The Bertz CT molecular complexity index is 800. The van der Waals surface area contributed by atoms with Gasteiger partial charge in [0, 0.05) is 24.5 Å². The Morgan fingerprint density at radius 3 is 2.58 bits per heavy atom. The largest absolute Gasteiger partial charge is 0.496 e. The molecule has 0 radical (unpaired) electrons. The molecule has 0 N–H and O–H groups in total. The Morgan fingerprint density at radius 2 is 1.96 bits per heavy atom. The van der Waals surface area contributed by atoms with Crippen molar-refractivity contribution in [2.75, 3.05) is 20.8 Å². The summed E-state index contributed by atoms with van der Waals surface area (Å²) in [6.45, 7) is 4.11. The Hall–Kier alpha value is -2.21. The van der Waals surface area contributed by atoms with Crippen LogP contribution in [-0.4, -0.2) is 38.0 Å². The average Bonchev–Trinajstić information content (AvgIpc) is 2.93. The maximum absolute atomic E-state index is 13.5. The van der Waals surface area contributed by atoms with Gasteiger partial charge in [0.2, 0.25) is 11.4 Å². The highest BCUT2D eigenvalue weighted by molar-refractivity contribution is 6.35. The topological polar surface area (TPSA) is 71.1 Å². The van der Waals surface area contributed by atoms with Gasteiger partial charge < -0.3 is 18.9 Å². The molecule has 140 valence electrons. The van der Waals surface area contributed by atoms with Crippen LogP contribution in [0, 0.1) is 5.92 Å². The number of carbonyl (C=O) groups is 2. The van der Waals surface area contributed by atoms with Crippen molar-refractivity contribution in [2.45, 2.75) is 32.3 Å². The van der Waals surface area contributed by atoms with Crippen LogP contribution in [0.2, 0.25) is 5.02 Å². The summed E-state index contributed by atoms with van der Waals surface area (Å²) in [5.41, 5.74) is -1.18. The van der Waals surface area contributed by atoms with E-state index in [0.717, 1.165) is 6.42 Å². The lowest BCUT2D eigenvalue weighted by molar-refractivity contribution is -0.118. The maximum Gasteiger partial charge on any atom is 0.231 e. The molecule has 0 saturated heterocycles. The number of hydrogen-bond acceptors (Lipinski definition) is 6. The molecule has 6 nitrogen and oxygen atoms in total. The normalized spacial score (nSPS) is 24.2. The lowest BCUT2D eigenvalue weighted by Gasteiger charge is -2.37. The van der Waals surface area contributed by atoms with Crippen LogP contribution in [0.5, 0.6) is 17.2 Å². The lowest BCUT2D eigenvalue weighted by atomic mass is 9.75. The number of methoxy groups -OCH3 is 2. The summed E-state index contributed by atoms with van der Waals surface area (Å²) in [6, 6.07) is 1.55. The molecule has 1 heterocycles. The van der Waals surface area contributed by atoms with Crippen LogP contribution in [0.1, 0.15) is 37.0 Å². The molecule has 7 heteroatoms. The zero-order valence-electron chi connectivity index (χ0n) is 15.2. The van der Waals surface area contributed by atoms with Crippen LogP contribution in [-0.2, 0) is 9.53 Å². The number of carbonyl (C=O) groups excluding carboxylic acids is 2. The third-order valence-electron chi connectivity index (χ3n) is 4.74. The van der Waals surface area contributed by atoms with Crippen LogP contribution in [0.4, 0.5) is 0 Å². The number of rotatable bonds is 5. The molecule has 0 bridgehead atoms. The van der Waals surface area contributed by atoms with Crippen molar-refractivity contribution >= 4 is 23.2 Å². The van der Waals surface area contributed by atoms with Crippen molar-refractivity contribution in [1.82, 2.24) is 0 Å². The van der Waals surface area contributed by atoms with E-state index in [1.165, 1.54) is 20.3 Å². The zero-order chi connectivity index (χ0) is 19.1. The van der Waals surface area contributed by atoms with Crippen LogP contribution in [0.15, 0.2) is 17.9 Å². The first-order valence-electron chi connectivity index (χ1n) is 8.46. The van der Waals surface area contributed by atoms with Crippen molar-refractivity contribution in [3.63, 3.8) is 0 Å². The maximum atomic E-state index is 13.5. The molecular formula is C19H21ClO6. The molecule has 0 amide bonds. The van der Waals surface area contributed by atoms with E-state index in [0.29, 0.717) is 18.1 Å². The predicted octanol–water partition coefficient (Wildman–Crippen LogP) is 3.59. The number of benzene rings is 1. The first-order valence-corrected chi connectivity index (χ1v) is 8.84. The van der Waals surface area contributed by atoms with Crippen LogP contribution in [0.3, 0.4) is 0 Å². The summed E-state index contributed by atoms with van der Waals surface area (Å²) in [6.07, 6.45) is 2.27. The highest BCUT2D eigenvalue weighted by Crippen LogP contribution is 2.54. The van der Waals surface area contributed by atoms with E-state index >= 15 is 0 Å². The summed E-state index contributed by atoms with van der Waals surface area (Å²) < 4.78 is 22.5. The number of ether oxygens (including phenoxy) is 4. The Kier molecular flexibility index (Phi) is 4.88. The molecule has 1 aromatic carbocycles. The fourth-order valence-corrected chi connectivity index (χ4v) is 3.71. The highest BCUT2D eigenvalue weighted by atomic mass is 35.5. The van der Waals surface area contributed by atoms with Crippen molar-refractivity contribution in [1.29, 1.82) is 0 Å². The Labute approximate surface area is 157 Å². The summed E-state index contributed by atoms with van der Waals surface area (Å²) in [5.74, 6) is 0.224. The predicted molar refractivity (Wildman–Crippen MR) is 95.4 cm³/mol. The van der Waals surface area contributed by atoms with Crippen molar-refractivity contribution < 1.29 is 28.5 Å². The minimum Gasteiger partial charge on any atom is -0.496 e. The quantitative estimate of drug-likeness (QED) is 0.777. The molecule has 26 heavy (non-hydrogen) atoms. The van der Waals surface area contributed by atoms with Crippen LogP contribution >= 0.6 is 11.6 Å². The highest BCUT2D eigenvalue weighted by Gasteiger charge is 2.60. The number of hydrogen-bond donors (Lipinski definition) is 0. The van der Waals surface area contributed by atoms with E-state index < -0.39 is 11.5 Å². The van der Waals surface area contributed by atoms with E-state index in [1.807, 2.05) is 6.92 Å². The van der Waals surface area contributed by atoms with Crippen molar-refractivity contribution in [3.05, 3.63) is 28.5 Å². The molecule has 2 aliphatic rings. The SMILES string of the molecule is CCCOC1=CC(=O)CC(C)C12Oc1c(Cl)c(OC)cc(OC)c1C2=O. The average molecular weight is 381 g/mol. The minimum atomic E-state index is -1.42. The molecule has 1 spiro atoms. The first-order chi connectivity index (χ1) is 12.4. The number of Topliss-reactive ketones (excluding diaryl/α,β-unsaturated/α-hetero) is 1. The molecule has 3 rings (SSSR count). The number of halogens is 1. The Balaban J connectivity index is 2.19. The molecule has 2 unspecified atom stereocenters. The van der Waals surface area contributed by atoms with Crippen molar-refractivity contribution in [2.24, 2.45) is 5.92 Å². The van der Waals surface area contributed by atoms with E-state index in [4.69, 9.17) is 30.5 Å². The van der Waals surface area contributed by atoms with Gasteiger partial charge in [0.25, 0.3) is 0 Å². The number of ketones is 2. The number of allylic oxidation sites excluding steroid dienone is 1. The fourth-order valence-electron chi connectivity index (χ4n) is 3.45. The van der Waals surface area contributed by atoms with Gasteiger partial charge in [-0.15, -0.1) is 0 Å². The fraction of sp³-hybridized carbons (Fsp3) is 0.474. The van der Waals surface area contributed by atoms with E-state index in [2.05, 4.69) is 0 Å². The van der Waals surface area contributed by atoms with Crippen molar-refractivity contribution in [3.8, 4) is 17.2 Å². The van der Waals surface area contributed by atoms with Gasteiger partial charge in [-0.3, -0.25) is 9.59 Å². The van der Waals surface area contributed by atoms with Gasteiger partial charge in [-0.2, -0.15) is 0 Å². The minimum absolute atomic E-state index is 0.0998. The van der Waals surface area contributed by atoms with Gasteiger partial charge in [-0.25, -0.2) is 0 Å². The van der Waals surface area contributed by atoms with Gasteiger partial charge in [0.1, 0.15) is 22.1 Å². The molecule has 0 fully saturated rings. The van der Waals surface area contributed by atoms with Gasteiger partial charge in [0.05, 0.1) is 20.8 Å². The van der Waals surface area contributed by atoms with Gasteiger partial charge in [-0.1, -0.05) is 25.4 Å². The zero-order valence-corrected chi connectivity index (χ0v) is 15.9. The van der Waals surface area contributed by atoms with Gasteiger partial charge >= 0.3 is 0 Å². The van der Waals surface area contributed by atoms with Crippen LogP contribution < -0.4 is 14.2 Å². The van der Waals surface area contributed by atoms with E-state index in [-0.39, 0.29) is 40.1 Å². The monoisotopic (exact) mass is 380 g/mol. The molecule has 1 aliphatic carbocycles. The summed E-state index contributed by atoms with van der Waals surface area (Å²) >= 11 is 6.39.